The molecule has 0 aliphatic heterocycles. The average Bonchev–Trinajstić information content (AvgIpc) is 2.80. The van der Waals surface area contributed by atoms with Gasteiger partial charge in [-0.3, -0.25) is 9.59 Å². The van der Waals surface area contributed by atoms with Gasteiger partial charge in [-0.2, -0.15) is 0 Å². The molecule has 0 aliphatic carbocycles. The smallest absolute Gasteiger partial charge is 0.308 e. The van der Waals surface area contributed by atoms with Crippen molar-refractivity contribution in [1.82, 2.24) is 0 Å². The SMILES string of the molecule is CC(=O)Oc1ccc(-c2ccc(-c3ccc(OC(C)=O)c(-c4ccccc4)c3)cc2)cc1. The third-order valence-electron chi connectivity index (χ3n) is 4.99. The summed E-state index contributed by atoms with van der Waals surface area (Å²) in [6, 6.07) is 31.3. The normalized spacial score (nSPS) is 10.4. The van der Waals surface area contributed by atoms with Gasteiger partial charge in [-0.15, -0.1) is 0 Å². The van der Waals surface area contributed by atoms with Crippen LogP contribution in [-0.4, -0.2) is 11.9 Å². The number of carbonyl (C=O) groups excluding carboxylic acids is 2. The van der Waals surface area contributed by atoms with Crippen LogP contribution in [0.3, 0.4) is 0 Å². The van der Waals surface area contributed by atoms with E-state index in [9.17, 15) is 9.59 Å². The molecule has 32 heavy (non-hydrogen) atoms. The Kier molecular flexibility index (Phi) is 6.13. The van der Waals surface area contributed by atoms with Gasteiger partial charge in [-0.25, -0.2) is 0 Å². The molecule has 0 fully saturated rings. The molecule has 4 nitrogen and oxygen atoms in total. The van der Waals surface area contributed by atoms with E-state index in [1.807, 2.05) is 60.7 Å². The van der Waals surface area contributed by atoms with Gasteiger partial charge in [0.25, 0.3) is 0 Å². The Hall–Kier alpha value is -4.18. The molecular weight excluding hydrogens is 400 g/mol. The summed E-state index contributed by atoms with van der Waals surface area (Å²) in [6.45, 7) is 2.79. The molecule has 0 saturated carbocycles. The molecule has 0 amide bonds. The van der Waals surface area contributed by atoms with Crippen molar-refractivity contribution in [1.29, 1.82) is 0 Å². The lowest BCUT2D eigenvalue weighted by atomic mass is 9.96. The Morgan fingerprint density at radius 3 is 1.59 bits per heavy atom. The van der Waals surface area contributed by atoms with Gasteiger partial charge >= 0.3 is 11.9 Å². The van der Waals surface area contributed by atoms with Crippen LogP contribution in [0.4, 0.5) is 0 Å². The molecule has 0 atom stereocenters. The summed E-state index contributed by atoms with van der Waals surface area (Å²) in [5.41, 5.74) is 6.01. The van der Waals surface area contributed by atoms with Crippen molar-refractivity contribution in [2.75, 3.05) is 0 Å². The molecule has 158 valence electrons. The van der Waals surface area contributed by atoms with E-state index in [-0.39, 0.29) is 11.9 Å². The maximum absolute atomic E-state index is 11.6. The highest BCUT2D eigenvalue weighted by molar-refractivity contribution is 5.81. The van der Waals surface area contributed by atoms with Crippen molar-refractivity contribution >= 4 is 11.9 Å². The second-order valence-electron chi connectivity index (χ2n) is 7.37. The van der Waals surface area contributed by atoms with Gasteiger partial charge < -0.3 is 9.47 Å². The predicted molar refractivity (Wildman–Crippen MR) is 125 cm³/mol. The summed E-state index contributed by atoms with van der Waals surface area (Å²) in [4.78, 5) is 22.6. The first-order valence-corrected chi connectivity index (χ1v) is 10.3. The summed E-state index contributed by atoms with van der Waals surface area (Å²) in [7, 11) is 0. The second-order valence-corrected chi connectivity index (χ2v) is 7.37. The molecule has 4 aromatic carbocycles. The lowest BCUT2D eigenvalue weighted by molar-refractivity contribution is -0.132. The number of esters is 2. The maximum atomic E-state index is 11.6. The third kappa shape index (κ3) is 4.93. The highest BCUT2D eigenvalue weighted by Gasteiger charge is 2.11. The topological polar surface area (TPSA) is 52.6 Å². The number of benzene rings is 4. The Balaban J connectivity index is 1.64. The molecule has 0 unspecified atom stereocenters. The van der Waals surface area contributed by atoms with Gasteiger partial charge in [-0.05, 0) is 52.1 Å². The first kappa shape index (κ1) is 21.1. The van der Waals surface area contributed by atoms with Crippen LogP contribution >= 0.6 is 0 Å². The number of hydrogen-bond acceptors (Lipinski definition) is 4. The minimum absolute atomic E-state index is 0.336. The van der Waals surface area contributed by atoms with E-state index in [2.05, 4.69) is 24.3 Å². The number of hydrogen-bond donors (Lipinski definition) is 0. The third-order valence-corrected chi connectivity index (χ3v) is 4.99. The molecule has 4 aromatic rings. The highest BCUT2D eigenvalue weighted by Crippen LogP contribution is 2.35. The van der Waals surface area contributed by atoms with Crippen LogP contribution in [0.1, 0.15) is 13.8 Å². The quantitative estimate of drug-likeness (QED) is 0.271. The Labute approximate surface area is 187 Å². The van der Waals surface area contributed by atoms with Crippen molar-refractivity contribution in [3.8, 4) is 44.9 Å². The summed E-state index contributed by atoms with van der Waals surface area (Å²) in [6.07, 6.45) is 0. The van der Waals surface area contributed by atoms with Crippen LogP contribution in [0.5, 0.6) is 11.5 Å². The van der Waals surface area contributed by atoms with Crippen LogP contribution in [0.25, 0.3) is 33.4 Å². The monoisotopic (exact) mass is 422 g/mol. The standard InChI is InChI=1S/C28H22O4/c1-19(29)31-26-15-12-22(13-16-26)21-8-10-23(11-9-21)25-14-17-28(32-20(2)30)27(18-25)24-6-4-3-5-7-24/h3-18H,1-2H3. The van der Waals surface area contributed by atoms with Crippen LogP contribution in [0.2, 0.25) is 0 Å². The van der Waals surface area contributed by atoms with Crippen molar-refractivity contribution in [3.63, 3.8) is 0 Å². The molecule has 0 spiro atoms. The van der Waals surface area contributed by atoms with Crippen molar-refractivity contribution in [2.24, 2.45) is 0 Å². The van der Waals surface area contributed by atoms with Crippen molar-refractivity contribution in [2.45, 2.75) is 13.8 Å². The minimum Gasteiger partial charge on any atom is -0.427 e. The summed E-state index contributed by atoms with van der Waals surface area (Å²) in [5, 5.41) is 0. The van der Waals surface area contributed by atoms with E-state index in [1.165, 1.54) is 13.8 Å². The molecule has 4 rings (SSSR count). The minimum atomic E-state index is -0.348. The van der Waals surface area contributed by atoms with E-state index in [0.29, 0.717) is 11.5 Å². The first-order chi connectivity index (χ1) is 15.5. The van der Waals surface area contributed by atoms with Gasteiger partial charge in [0.2, 0.25) is 0 Å². The molecule has 0 N–H and O–H groups in total. The summed E-state index contributed by atoms with van der Waals surface area (Å²) in [5.74, 6) is 0.381. The van der Waals surface area contributed by atoms with Crippen LogP contribution in [0, 0.1) is 0 Å². The molecule has 4 heteroatoms. The molecule has 0 saturated heterocycles. The summed E-state index contributed by atoms with van der Waals surface area (Å²) >= 11 is 0. The summed E-state index contributed by atoms with van der Waals surface area (Å²) < 4.78 is 10.5. The van der Waals surface area contributed by atoms with Crippen LogP contribution < -0.4 is 9.47 Å². The van der Waals surface area contributed by atoms with Crippen molar-refractivity contribution < 1.29 is 19.1 Å². The molecule has 0 aliphatic rings. The van der Waals surface area contributed by atoms with E-state index in [1.54, 1.807) is 12.1 Å². The zero-order valence-corrected chi connectivity index (χ0v) is 17.9. The van der Waals surface area contributed by atoms with Gasteiger partial charge in [0.15, 0.2) is 0 Å². The van der Waals surface area contributed by atoms with Gasteiger partial charge in [0, 0.05) is 19.4 Å². The highest BCUT2D eigenvalue weighted by atomic mass is 16.5. The zero-order chi connectivity index (χ0) is 22.5. The van der Waals surface area contributed by atoms with E-state index >= 15 is 0 Å². The van der Waals surface area contributed by atoms with E-state index in [4.69, 9.17) is 9.47 Å². The van der Waals surface area contributed by atoms with E-state index < -0.39 is 0 Å². The number of ether oxygens (including phenoxy) is 2. The second kappa shape index (κ2) is 9.31. The average molecular weight is 422 g/mol. The van der Waals surface area contributed by atoms with Gasteiger partial charge in [0.05, 0.1) is 0 Å². The lowest BCUT2D eigenvalue weighted by Crippen LogP contribution is -2.02. The Morgan fingerprint density at radius 2 is 1.03 bits per heavy atom. The van der Waals surface area contributed by atoms with Gasteiger partial charge in [-0.1, -0.05) is 72.8 Å². The fraction of sp³-hybridized carbons (Fsp3) is 0.0714. The molecular formula is C28H22O4. The molecule has 0 radical (unpaired) electrons. The molecule has 0 heterocycles. The van der Waals surface area contributed by atoms with Crippen LogP contribution in [-0.2, 0) is 9.59 Å². The van der Waals surface area contributed by atoms with Gasteiger partial charge in [0.1, 0.15) is 11.5 Å². The van der Waals surface area contributed by atoms with Crippen LogP contribution in [0.15, 0.2) is 97.1 Å². The molecule has 0 bridgehead atoms. The number of carbonyl (C=O) groups is 2. The Bertz CT molecular complexity index is 1240. The largest absolute Gasteiger partial charge is 0.427 e. The zero-order valence-electron chi connectivity index (χ0n) is 17.9. The number of rotatable bonds is 5. The Morgan fingerprint density at radius 1 is 0.531 bits per heavy atom. The fourth-order valence-electron chi connectivity index (χ4n) is 3.53. The van der Waals surface area contributed by atoms with Crippen molar-refractivity contribution in [3.05, 3.63) is 97.1 Å². The predicted octanol–water partition coefficient (Wildman–Crippen LogP) is 6.54. The fourth-order valence-corrected chi connectivity index (χ4v) is 3.53. The van der Waals surface area contributed by atoms with E-state index in [0.717, 1.165) is 33.4 Å². The lowest BCUT2D eigenvalue weighted by Gasteiger charge is -2.12. The maximum Gasteiger partial charge on any atom is 0.308 e. The first-order valence-electron chi connectivity index (χ1n) is 10.3. The molecule has 0 aromatic heterocycles.